The molecule has 0 atom stereocenters. The minimum absolute atomic E-state index is 0. The van der Waals surface area contributed by atoms with Crippen LogP contribution in [0, 0.1) is 5.41 Å². The van der Waals surface area contributed by atoms with Crippen LogP contribution in [0.4, 0.5) is 5.69 Å². The van der Waals surface area contributed by atoms with Crippen LogP contribution in [0.2, 0.25) is 0 Å². The Kier molecular flexibility index (Phi) is 9.08. The molecule has 41 heavy (non-hydrogen) atoms. The number of nitrogens with zero attached hydrogens (tertiary/aromatic N) is 2. The summed E-state index contributed by atoms with van der Waals surface area (Å²) in [6.07, 6.45) is 0. The lowest BCUT2D eigenvalue weighted by Gasteiger charge is -2.28. The van der Waals surface area contributed by atoms with Crippen molar-refractivity contribution in [2.24, 2.45) is 0 Å². The second-order valence-corrected chi connectivity index (χ2v) is 12.3. The lowest BCUT2D eigenvalue weighted by molar-refractivity contribution is -0.134. The van der Waals surface area contributed by atoms with Gasteiger partial charge in [-0.1, -0.05) is 65.8 Å². The number of carboxylic acids is 1. The summed E-state index contributed by atoms with van der Waals surface area (Å²) >= 11 is 0. The smallest absolute Gasteiger partial charge is 0.322 e. The number of rotatable bonds is 8. The van der Waals surface area contributed by atoms with Crippen molar-refractivity contribution in [3.8, 4) is 5.75 Å². The minimum atomic E-state index is -0.933. The fourth-order valence-electron chi connectivity index (χ4n) is 4.88. The first-order chi connectivity index (χ1) is 18.7. The van der Waals surface area contributed by atoms with Crippen molar-refractivity contribution in [2.75, 3.05) is 11.9 Å². The number of aromatic nitrogens is 2. The summed E-state index contributed by atoms with van der Waals surface area (Å²) in [4.78, 5) is 24.6. The number of hydrogen-bond acceptors (Lipinski definition) is 5. The lowest BCUT2D eigenvalue weighted by Crippen LogP contribution is -2.28. The Hall–Kier alpha value is -4.04. The second-order valence-electron chi connectivity index (χ2n) is 12.3. The Bertz CT molecular complexity index is 1600. The topological polar surface area (TPSA) is 120 Å². The number of anilines is 1. The van der Waals surface area contributed by atoms with Crippen molar-refractivity contribution in [1.29, 1.82) is 5.41 Å². The van der Waals surface area contributed by atoms with Gasteiger partial charge in [-0.05, 0) is 52.8 Å². The first-order valence-electron chi connectivity index (χ1n) is 13.3. The van der Waals surface area contributed by atoms with Crippen LogP contribution in [-0.4, -0.2) is 37.6 Å². The van der Waals surface area contributed by atoms with Gasteiger partial charge in [-0.2, -0.15) is 0 Å². The van der Waals surface area contributed by atoms with Crippen LogP contribution in [0.15, 0.2) is 60.7 Å². The van der Waals surface area contributed by atoms with E-state index >= 15 is 0 Å². The van der Waals surface area contributed by atoms with Crippen molar-refractivity contribution in [3.63, 3.8) is 0 Å². The largest absolute Gasteiger partial charge is 0.507 e. The summed E-state index contributed by atoms with van der Waals surface area (Å²) in [5.41, 5.74) is 4.72. The van der Waals surface area contributed by atoms with Crippen LogP contribution in [0.3, 0.4) is 0 Å². The third-order valence-corrected chi connectivity index (χ3v) is 7.06. The third-order valence-electron chi connectivity index (χ3n) is 7.06. The average molecular weight is 579 g/mol. The van der Waals surface area contributed by atoms with E-state index in [-0.39, 0.29) is 53.5 Å². The van der Waals surface area contributed by atoms with Gasteiger partial charge in [0.15, 0.2) is 5.78 Å². The molecule has 0 aliphatic carbocycles. The van der Waals surface area contributed by atoms with Gasteiger partial charge >= 0.3 is 5.97 Å². The Morgan fingerprint density at radius 3 is 1.85 bits per heavy atom. The summed E-state index contributed by atoms with van der Waals surface area (Å²) in [5, 5.41) is 31.8. The number of hydrogen-bond donors (Lipinski definition) is 4. The van der Waals surface area contributed by atoms with Crippen molar-refractivity contribution in [2.45, 2.75) is 65.5 Å². The molecule has 0 saturated heterocycles. The molecular weight excluding hydrogens is 540 g/mol. The number of fused-ring (bicyclic) bond motifs is 1. The molecule has 0 aliphatic rings. The van der Waals surface area contributed by atoms with E-state index in [0.29, 0.717) is 17.8 Å². The molecule has 0 radical (unpaired) electrons. The summed E-state index contributed by atoms with van der Waals surface area (Å²) in [5.74, 6) is -0.838. The number of phenolic OH excluding ortho intramolecular Hbond substituents is 1. The molecule has 4 N–H and O–H groups in total. The van der Waals surface area contributed by atoms with Gasteiger partial charge in [0.1, 0.15) is 12.3 Å². The van der Waals surface area contributed by atoms with E-state index < -0.39 is 5.97 Å². The number of carboxylic acid groups (broad SMARTS) is 1. The van der Waals surface area contributed by atoms with E-state index in [0.717, 1.165) is 27.7 Å². The quantitative estimate of drug-likeness (QED) is 0.189. The van der Waals surface area contributed by atoms with Crippen molar-refractivity contribution >= 4 is 40.9 Å². The molecule has 0 saturated carbocycles. The predicted octanol–water partition coefficient (Wildman–Crippen LogP) is 6.07. The summed E-state index contributed by atoms with van der Waals surface area (Å²) in [6, 6.07) is 18.7. The highest BCUT2D eigenvalue weighted by atomic mass is 35.5. The van der Waals surface area contributed by atoms with Crippen LogP contribution in [0.25, 0.3) is 11.0 Å². The number of nitrogens with one attached hydrogen (secondary N) is 2. The number of aliphatic carboxylic acids is 1. The fourth-order valence-corrected chi connectivity index (χ4v) is 4.88. The molecule has 4 rings (SSSR count). The minimum Gasteiger partial charge on any atom is -0.507 e. The number of carbonyl (C=O) groups excluding carboxylic acids is 1. The maximum Gasteiger partial charge on any atom is 0.322 e. The number of phenols is 1. The number of Topliss-reactive ketones (excluding diaryl/α,β-unsaturated/α-hetero) is 1. The Balaban J connectivity index is 0.00000462. The average Bonchev–Trinajstić information content (AvgIpc) is 3.13. The van der Waals surface area contributed by atoms with Gasteiger partial charge in [0.25, 0.3) is 0 Å². The molecule has 0 unspecified atom stereocenters. The first kappa shape index (κ1) is 31.5. The number of carbonyl (C=O) groups is 2. The van der Waals surface area contributed by atoms with Crippen LogP contribution in [0.1, 0.15) is 68.6 Å². The number of aromatic hydroxyl groups is 1. The maximum atomic E-state index is 13.8. The van der Waals surface area contributed by atoms with Crippen LogP contribution < -0.4 is 10.9 Å². The van der Waals surface area contributed by atoms with Crippen molar-refractivity contribution in [1.82, 2.24) is 9.13 Å². The highest BCUT2D eigenvalue weighted by Gasteiger charge is 2.28. The Labute approximate surface area is 246 Å². The van der Waals surface area contributed by atoms with E-state index in [1.807, 2.05) is 94.6 Å². The monoisotopic (exact) mass is 578 g/mol. The van der Waals surface area contributed by atoms with Crippen LogP contribution >= 0.6 is 12.4 Å². The number of benzene rings is 3. The molecule has 1 heterocycles. The van der Waals surface area contributed by atoms with Gasteiger partial charge in [0, 0.05) is 22.4 Å². The molecule has 8 nitrogen and oxygen atoms in total. The molecule has 4 aromatic rings. The molecular formula is C32H39ClN4O4. The standard InChI is InChI=1S/C32H38N4O4.ClH/c1-31(2,3)23-15-21(16-24(29(23)40)32(4,5)6)27(37)19-36-26-10-8-7-9-25(26)35(30(36)33)18-20-11-13-22(14-12-20)34-17-28(38)39;/h7-16,33-34,40H,17-19H2,1-6H3,(H,38,39);1H. The van der Waals surface area contributed by atoms with Crippen molar-refractivity contribution < 1.29 is 19.8 Å². The molecule has 218 valence electrons. The second kappa shape index (κ2) is 11.8. The van der Waals surface area contributed by atoms with E-state index in [9.17, 15) is 14.7 Å². The first-order valence-corrected chi connectivity index (χ1v) is 13.3. The Morgan fingerprint density at radius 1 is 0.854 bits per heavy atom. The summed E-state index contributed by atoms with van der Waals surface area (Å²) < 4.78 is 3.58. The van der Waals surface area contributed by atoms with E-state index in [1.54, 1.807) is 16.7 Å². The van der Waals surface area contributed by atoms with Gasteiger partial charge < -0.3 is 24.7 Å². The lowest BCUT2D eigenvalue weighted by atomic mass is 9.78. The van der Waals surface area contributed by atoms with Gasteiger partial charge in [0.2, 0.25) is 5.62 Å². The SMILES string of the molecule is CC(C)(C)c1cc(C(=O)Cn2c(=N)n(Cc3ccc(NCC(=O)O)cc3)c3ccccc32)cc(C(C)(C)C)c1O.Cl. The highest BCUT2D eigenvalue weighted by Crippen LogP contribution is 2.40. The fraction of sp³-hybridized carbons (Fsp3) is 0.344. The van der Waals surface area contributed by atoms with Gasteiger partial charge in [-0.25, -0.2) is 0 Å². The molecule has 0 fully saturated rings. The van der Waals surface area contributed by atoms with Crippen LogP contribution in [-0.2, 0) is 28.7 Å². The molecule has 9 heteroatoms. The summed E-state index contributed by atoms with van der Waals surface area (Å²) in [7, 11) is 0. The van der Waals surface area contributed by atoms with E-state index in [4.69, 9.17) is 10.5 Å². The zero-order chi connectivity index (χ0) is 29.4. The highest BCUT2D eigenvalue weighted by molar-refractivity contribution is 5.97. The van der Waals surface area contributed by atoms with Gasteiger partial charge in [-0.3, -0.25) is 15.0 Å². The molecule has 0 amide bonds. The zero-order valence-corrected chi connectivity index (χ0v) is 25.2. The van der Waals surface area contributed by atoms with Crippen molar-refractivity contribution in [3.05, 3.63) is 88.5 Å². The molecule has 3 aromatic carbocycles. The molecule has 0 bridgehead atoms. The van der Waals surface area contributed by atoms with Gasteiger partial charge in [0.05, 0.1) is 24.1 Å². The van der Waals surface area contributed by atoms with E-state index in [1.165, 1.54) is 0 Å². The van der Waals surface area contributed by atoms with E-state index in [2.05, 4.69) is 5.32 Å². The maximum absolute atomic E-state index is 13.8. The number of imidazole rings is 1. The van der Waals surface area contributed by atoms with Crippen LogP contribution in [0.5, 0.6) is 5.75 Å². The predicted molar refractivity (Wildman–Crippen MR) is 165 cm³/mol. The molecule has 0 spiro atoms. The molecule has 1 aromatic heterocycles. The number of para-hydroxylation sites is 2. The van der Waals surface area contributed by atoms with Gasteiger partial charge in [-0.15, -0.1) is 12.4 Å². The molecule has 0 aliphatic heterocycles. The normalized spacial score (nSPS) is 11.8. The zero-order valence-electron chi connectivity index (χ0n) is 24.4. The Morgan fingerprint density at radius 2 is 1.37 bits per heavy atom. The number of halogens is 1. The summed E-state index contributed by atoms with van der Waals surface area (Å²) in [6.45, 7) is 12.3. The third kappa shape index (κ3) is 6.82. The number of ketones is 1.